The summed E-state index contributed by atoms with van der Waals surface area (Å²) in [5.74, 6) is -2.04. The maximum atomic E-state index is 13.9. The molecule has 0 amide bonds. The van der Waals surface area contributed by atoms with Gasteiger partial charge in [0.15, 0.2) is 17.3 Å². The van der Waals surface area contributed by atoms with Crippen LogP contribution in [0, 0.1) is 5.82 Å². The first-order valence-corrected chi connectivity index (χ1v) is 5.40. The predicted molar refractivity (Wildman–Crippen MR) is 64.0 cm³/mol. The van der Waals surface area contributed by atoms with E-state index in [0.717, 1.165) is 0 Å². The van der Waals surface area contributed by atoms with E-state index in [-0.39, 0.29) is 15.9 Å². The van der Waals surface area contributed by atoms with Crippen molar-refractivity contribution in [1.82, 2.24) is 9.78 Å². The Labute approximate surface area is 104 Å². The number of hydrogen-bond acceptors (Lipinski definition) is 4. The van der Waals surface area contributed by atoms with Crippen LogP contribution in [-0.4, -0.2) is 20.0 Å². The number of nitrogens with two attached hydrogens (primary N) is 1. The topological polar surface area (TPSA) is 84.3 Å². The molecule has 1 heterocycles. The number of phenolic OH excluding ortho intramolecular Hbond substituents is 2. The van der Waals surface area contributed by atoms with Gasteiger partial charge in [0.25, 0.3) is 0 Å². The average molecular weight is 302 g/mol. The van der Waals surface area contributed by atoms with Crippen molar-refractivity contribution < 1.29 is 14.6 Å². The highest BCUT2D eigenvalue weighted by molar-refractivity contribution is 9.10. The van der Waals surface area contributed by atoms with E-state index in [4.69, 9.17) is 5.73 Å². The predicted octanol–water partition coefficient (Wildman–Crippen LogP) is 1.98. The third-order valence-corrected chi connectivity index (χ3v) is 3.05. The van der Waals surface area contributed by atoms with E-state index in [9.17, 15) is 14.6 Å². The molecule has 1 aromatic heterocycles. The minimum Gasteiger partial charge on any atom is -0.504 e. The molecule has 4 N–H and O–H groups in total. The van der Waals surface area contributed by atoms with Crippen LogP contribution in [0.4, 0.5) is 10.2 Å². The molecule has 5 nitrogen and oxygen atoms in total. The van der Waals surface area contributed by atoms with Gasteiger partial charge in [0.05, 0.1) is 6.20 Å². The van der Waals surface area contributed by atoms with Crippen LogP contribution in [0.25, 0.3) is 11.1 Å². The highest BCUT2D eigenvalue weighted by Crippen LogP contribution is 2.42. The number of aromatic hydroxyl groups is 2. The van der Waals surface area contributed by atoms with Gasteiger partial charge in [0.2, 0.25) is 0 Å². The van der Waals surface area contributed by atoms with Crippen molar-refractivity contribution in [1.29, 1.82) is 0 Å². The number of hydrogen-bond donors (Lipinski definition) is 3. The van der Waals surface area contributed by atoms with E-state index in [1.807, 2.05) is 0 Å². The van der Waals surface area contributed by atoms with Gasteiger partial charge in [-0.3, -0.25) is 4.68 Å². The van der Waals surface area contributed by atoms with E-state index < -0.39 is 17.3 Å². The normalized spacial score (nSPS) is 10.8. The summed E-state index contributed by atoms with van der Waals surface area (Å²) in [7, 11) is 1.62. The third kappa shape index (κ3) is 1.72. The average Bonchev–Trinajstić information content (AvgIpc) is 2.58. The quantitative estimate of drug-likeness (QED) is 0.703. The van der Waals surface area contributed by atoms with Crippen molar-refractivity contribution in [2.75, 3.05) is 5.73 Å². The van der Waals surface area contributed by atoms with Crippen LogP contribution in [0.5, 0.6) is 11.5 Å². The zero-order chi connectivity index (χ0) is 12.7. The van der Waals surface area contributed by atoms with Crippen molar-refractivity contribution in [3.8, 4) is 22.6 Å². The molecule has 0 atom stereocenters. The molecule has 17 heavy (non-hydrogen) atoms. The van der Waals surface area contributed by atoms with Crippen LogP contribution >= 0.6 is 15.9 Å². The molecule has 0 saturated heterocycles. The molecule has 0 aliphatic heterocycles. The van der Waals surface area contributed by atoms with Crippen molar-refractivity contribution in [3.63, 3.8) is 0 Å². The number of phenols is 2. The fraction of sp³-hybridized carbons (Fsp3) is 0.100. The molecule has 0 spiro atoms. The number of aryl methyl sites for hydroxylation is 1. The van der Waals surface area contributed by atoms with Crippen molar-refractivity contribution in [2.24, 2.45) is 7.05 Å². The minimum atomic E-state index is -0.948. The Morgan fingerprint density at radius 2 is 2.12 bits per heavy atom. The van der Waals surface area contributed by atoms with Gasteiger partial charge in [-0.25, -0.2) is 4.39 Å². The monoisotopic (exact) mass is 301 g/mol. The van der Waals surface area contributed by atoms with E-state index >= 15 is 0 Å². The number of nitrogen functional groups attached to an aromatic ring is 1. The Morgan fingerprint density at radius 3 is 2.65 bits per heavy atom. The largest absolute Gasteiger partial charge is 0.504 e. The summed E-state index contributed by atoms with van der Waals surface area (Å²) in [4.78, 5) is 0. The van der Waals surface area contributed by atoms with Crippen LogP contribution in [-0.2, 0) is 7.05 Å². The fourth-order valence-corrected chi connectivity index (χ4v) is 2.09. The second kappa shape index (κ2) is 3.92. The van der Waals surface area contributed by atoms with E-state index in [1.165, 1.54) is 16.9 Å². The summed E-state index contributed by atoms with van der Waals surface area (Å²) in [6, 6.07) is 1.19. The van der Waals surface area contributed by atoms with Gasteiger partial charge in [-0.1, -0.05) is 0 Å². The first-order chi connectivity index (χ1) is 7.93. The summed E-state index contributed by atoms with van der Waals surface area (Å²) in [6.07, 6.45) is 1.38. The Bertz CT molecular complexity index is 598. The number of aromatic nitrogens is 2. The van der Waals surface area contributed by atoms with Crippen LogP contribution in [0.3, 0.4) is 0 Å². The zero-order valence-corrected chi connectivity index (χ0v) is 10.4. The van der Waals surface area contributed by atoms with Crippen molar-refractivity contribution >= 4 is 21.7 Å². The molecule has 0 unspecified atom stereocenters. The first-order valence-electron chi connectivity index (χ1n) is 4.61. The zero-order valence-electron chi connectivity index (χ0n) is 8.78. The van der Waals surface area contributed by atoms with Gasteiger partial charge in [-0.2, -0.15) is 5.10 Å². The molecule has 1 aromatic carbocycles. The summed E-state index contributed by atoms with van der Waals surface area (Å²) in [5.41, 5.74) is 6.13. The summed E-state index contributed by atoms with van der Waals surface area (Å²) in [6.45, 7) is 0. The Morgan fingerprint density at radius 1 is 1.47 bits per heavy atom. The first kappa shape index (κ1) is 11.7. The number of rotatable bonds is 1. The van der Waals surface area contributed by atoms with Gasteiger partial charge in [-0.15, -0.1) is 0 Å². The molecular weight excluding hydrogens is 293 g/mol. The maximum absolute atomic E-state index is 13.9. The molecule has 0 aliphatic carbocycles. The summed E-state index contributed by atoms with van der Waals surface area (Å²) in [5, 5.41) is 22.5. The lowest BCUT2D eigenvalue weighted by Gasteiger charge is -2.08. The molecular formula is C10H9BrFN3O2. The lowest BCUT2D eigenvalue weighted by molar-refractivity contribution is 0.379. The smallest absolute Gasteiger partial charge is 0.194 e. The SMILES string of the molecule is Cn1ncc(-c2c(Br)cc(O)c(O)c2F)c1N. The molecule has 0 aliphatic rings. The van der Waals surface area contributed by atoms with E-state index in [1.54, 1.807) is 7.05 Å². The fourth-order valence-electron chi connectivity index (χ4n) is 1.48. The van der Waals surface area contributed by atoms with Gasteiger partial charge < -0.3 is 15.9 Å². The number of nitrogens with zero attached hydrogens (tertiary/aromatic N) is 2. The number of benzene rings is 1. The van der Waals surface area contributed by atoms with Crippen molar-refractivity contribution in [3.05, 3.63) is 22.6 Å². The highest BCUT2D eigenvalue weighted by Gasteiger charge is 2.21. The van der Waals surface area contributed by atoms with E-state index in [2.05, 4.69) is 21.0 Å². The lowest BCUT2D eigenvalue weighted by Crippen LogP contribution is -1.99. The molecule has 0 saturated carbocycles. The van der Waals surface area contributed by atoms with Crippen LogP contribution in [0.15, 0.2) is 16.7 Å². The van der Waals surface area contributed by atoms with Crippen LogP contribution in [0.2, 0.25) is 0 Å². The molecule has 0 fully saturated rings. The molecule has 0 radical (unpaired) electrons. The van der Waals surface area contributed by atoms with Crippen molar-refractivity contribution in [2.45, 2.75) is 0 Å². The molecule has 90 valence electrons. The Kier molecular flexibility index (Phi) is 2.70. The number of anilines is 1. The minimum absolute atomic E-state index is 0.0610. The molecule has 2 aromatic rings. The van der Waals surface area contributed by atoms with E-state index in [0.29, 0.717) is 5.56 Å². The van der Waals surface area contributed by atoms with Gasteiger partial charge >= 0.3 is 0 Å². The third-order valence-electron chi connectivity index (χ3n) is 2.43. The van der Waals surface area contributed by atoms with Gasteiger partial charge in [0.1, 0.15) is 5.82 Å². The van der Waals surface area contributed by atoms with Crippen LogP contribution in [0.1, 0.15) is 0 Å². The second-order valence-corrected chi connectivity index (χ2v) is 4.34. The summed E-state index contributed by atoms with van der Waals surface area (Å²) >= 11 is 3.11. The Balaban J connectivity index is 2.76. The molecule has 7 heteroatoms. The standard InChI is InChI=1S/C10H9BrFN3O2/c1-15-10(13)4(3-14-15)7-5(11)2-6(16)9(17)8(7)12/h2-3,16-17H,13H2,1H3. The Hall–Kier alpha value is -1.76. The van der Waals surface area contributed by atoms with Gasteiger partial charge in [0, 0.05) is 22.6 Å². The molecule has 0 bridgehead atoms. The maximum Gasteiger partial charge on any atom is 0.194 e. The summed E-state index contributed by atoms with van der Waals surface area (Å²) < 4.78 is 15.5. The van der Waals surface area contributed by atoms with Crippen LogP contribution < -0.4 is 5.73 Å². The lowest BCUT2D eigenvalue weighted by atomic mass is 10.1. The highest BCUT2D eigenvalue weighted by atomic mass is 79.9. The number of halogens is 2. The molecule has 2 rings (SSSR count). The second-order valence-electron chi connectivity index (χ2n) is 3.48. The van der Waals surface area contributed by atoms with Gasteiger partial charge in [-0.05, 0) is 22.0 Å².